The molecule has 2 atom stereocenters. The summed E-state index contributed by atoms with van der Waals surface area (Å²) in [5, 5.41) is 9.16. The zero-order chi connectivity index (χ0) is 10.8. The second-order valence-corrected chi connectivity index (χ2v) is 4.23. The molecule has 0 radical (unpaired) electrons. The molecule has 1 aliphatic carbocycles. The number of rotatable bonds is 2. The second kappa shape index (κ2) is 4.04. The van der Waals surface area contributed by atoms with Crippen LogP contribution >= 0.6 is 0 Å². The van der Waals surface area contributed by atoms with Crippen LogP contribution in [0.2, 0.25) is 0 Å². The van der Waals surface area contributed by atoms with Crippen LogP contribution < -0.4 is 0 Å². The fourth-order valence-corrected chi connectivity index (χ4v) is 2.47. The Bertz CT molecular complexity index is 359. The van der Waals surface area contributed by atoms with Crippen molar-refractivity contribution in [2.75, 3.05) is 0 Å². The molecule has 0 saturated heterocycles. The Morgan fingerprint density at radius 3 is 2.87 bits per heavy atom. The first-order valence-corrected chi connectivity index (χ1v) is 5.40. The van der Waals surface area contributed by atoms with Gasteiger partial charge in [0.25, 0.3) is 0 Å². The van der Waals surface area contributed by atoms with E-state index in [-0.39, 0.29) is 11.8 Å². The summed E-state index contributed by atoms with van der Waals surface area (Å²) in [5.74, 6) is 0.0842. The lowest BCUT2D eigenvalue weighted by Crippen LogP contribution is -2.27. The number of aromatic nitrogens is 2. The molecule has 1 N–H and O–H groups in total. The van der Waals surface area contributed by atoms with Gasteiger partial charge in [0.1, 0.15) is 5.82 Å². The van der Waals surface area contributed by atoms with E-state index in [9.17, 15) is 4.79 Å². The van der Waals surface area contributed by atoms with E-state index in [0.29, 0.717) is 0 Å². The molecule has 82 valence electrons. The fourth-order valence-electron chi connectivity index (χ4n) is 2.47. The lowest BCUT2D eigenvalue weighted by atomic mass is 9.79. The van der Waals surface area contributed by atoms with Crippen LogP contribution in [0.4, 0.5) is 0 Å². The molecule has 1 aromatic rings. The highest BCUT2D eigenvalue weighted by molar-refractivity contribution is 5.71. The minimum Gasteiger partial charge on any atom is -0.481 e. The van der Waals surface area contributed by atoms with Gasteiger partial charge in [-0.05, 0) is 12.8 Å². The number of carboxylic acids is 1. The minimum atomic E-state index is -0.678. The Labute approximate surface area is 88.9 Å². The molecule has 1 saturated carbocycles. The summed E-state index contributed by atoms with van der Waals surface area (Å²) in [6, 6.07) is 0. The van der Waals surface area contributed by atoms with Crippen LogP contribution in [-0.2, 0) is 11.8 Å². The van der Waals surface area contributed by atoms with Crippen molar-refractivity contribution in [2.24, 2.45) is 13.0 Å². The molecule has 1 heterocycles. The molecule has 2 rings (SSSR count). The SMILES string of the molecule is Cn1ccnc1[C@H]1CCCC[C@H]1C(=O)O. The molecule has 1 aromatic heterocycles. The topological polar surface area (TPSA) is 55.1 Å². The molecule has 0 aromatic carbocycles. The highest BCUT2D eigenvalue weighted by Gasteiger charge is 2.33. The van der Waals surface area contributed by atoms with E-state index in [1.807, 2.05) is 17.8 Å². The maximum absolute atomic E-state index is 11.1. The summed E-state index contributed by atoms with van der Waals surface area (Å²) in [4.78, 5) is 15.4. The van der Waals surface area contributed by atoms with Crippen LogP contribution in [0.15, 0.2) is 12.4 Å². The fraction of sp³-hybridized carbons (Fsp3) is 0.636. The molecule has 0 spiro atoms. The minimum absolute atomic E-state index is 0.0937. The summed E-state index contributed by atoms with van der Waals surface area (Å²) in [6.07, 6.45) is 7.49. The molecule has 1 fully saturated rings. The number of nitrogens with zero attached hydrogens (tertiary/aromatic N) is 2. The van der Waals surface area contributed by atoms with Gasteiger partial charge in [-0.2, -0.15) is 0 Å². The Balaban J connectivity index is 2.25. The third kappa shape index (κ3) is 1.89. The van der Waals surface area contributed by atoms with Crippen molar-refractivity contribution in [1.29, 1.82) is 0 Å². The molecule has 0 unspecified atom stereocenters. The molecule has 4 nitrogen and oxygen atoms in total. The third-order valence-corrected chi connectivity index (χ3v) is 3.27. The Morgan fingerprint density at radius 1 is 1.53 bits per heavy atom. The average Bonchev–Trinajstić information content (AvgIpc) is 2.64. The Kier molecular flexibility index (Phi) is 2.75. The number of hydrogen-bond acceptors (Lipinski definition) is 2. The first kappa shape index (κ1) is 10.2. The van der Waals surface area contributed by atoms with Crippen LogP contribution in [0.1, 0.15) is 37.4 Å². The van der Waals surface area contributed by atoms with Crippen molar-refractivity contribution < 1.29 is 9.90 Å². The summed E-state index contributed by atoms with van der Waals surface area (Å²) >= 11 is 0. The summed E-state index contributed by atoms with van der Waals surface area (Å²) in [6.45, 7) is 0. The van der Waals surface area contributed by atoms with Crippen LogP contribution in [-0.4, -0.2) is 20.6 Å². The van der Waals surface area contributed by atoms with E-state index >= 15 is 0 Å². The maximum Gasteiger partial charge on any atom is 0.307 e. The molecule has 1 aliphatic rings. The van der Waals surface area contributed by atoms with Gasteiger partial charge in [0.2, 0.25) is 0 Å². The highest BCUT2D eigenvalue weighted by atomic mass is 16.4. The first-order valence-electron chi connectivity index (χ1n) is 5.40. The van der Waals surface area contributed by atoms with Crippen molar-refractivity contribution in [3.63, 3.8) is 0 Å². The molecular weight excluding hydrogens is 192 g/mol. The molecule has 0 aliphatic heterocycles. The van der Waals surface area contributed by atoms with Gasteiger partial charge in [-0.25, -0.2) is 4.98 Å². The number of hydrogen-bond donors (Lipinski definition) is 1. The molecule has 0 bridgehead atoms. The Morgan fingerprint density at radius 2 is 2.27 bits per heavy atom. The zero-order valence-corrected chi connectivity index (χ0v) is 8.89. The van der Waals surface area contributed by atoms with Gasteiger partial charge in [-0.15, -0.1) is 0 Å². The lowest BCUT2D eigenvalue weighted by Gasteiger charge is -2.27. The van der Waals surface area contributed by atoms with E-state index in [1.165, 1.54) is 0 Å². The molecule has 0 amide bonds. The van der Waals surface area contributed by atoms with Crippen molar-refractivity contribution in [3.05, 3.63) is 18.2 Å². The van der Waals surface area contributed by atoms with Crippen LogP contribution in [0, 0.1) is 5.92 Å². The van der Waals surface area contributed by atoms with Gasteiger partial charge in [0.15, 0.2) is 0 Å². The van der Waals surface area contributed by atoms with E-state index in [2.05, 4.69) is 4.98 Å². The molecule has 15 heavy (non-hydrogen) atoms. The average molecular weight is 208 g/mol. The molecular formula is C11H16N2O2. The van der Waals surface area contributed by atoms with Gasteiger partial charge < -0.3 is 9.67 Å². The van der Waals surface area contributed by atoms with Gasteiger partial charge in [0.05, 0.1) is 5.92 Å². The van der Waals surface area contributed by atoms with Crippen molar-refractivity contribution in [3.8, 4) is 0 Å². The maximum atomic E-state index is 11.1. The van der Waals surface area contributed by atoms with Gasteiger partial charge in [-0.3, -0.25) is 4.79 Å². The monoisotopic (exact) mass is 208 g/mol. The third-order valence-electron chi connectivity index (χ3n) is 3.27. The lowest BCUT2D eigenvalue weighted by molar-refractivity contribution is -0.143. The number of carboxylic acid groups (broad SMARTS) is 1. The van der Waals surface area contributed by atoms with E-state index < -0.39 is 5.97 Å². The van der Waals surface area contributed by atoms with Gasteiger partial charge >= 0.3 is 5.97 Å². The number of aryl methyl sites for hydroxylation is 1. The van der Waals surface area contributed by atoms with Crippen LogP contribution in [0.3, 0.4) is 0 Å². The number of imidazole rings is 1. The molecule has 4 heteroatoms. The van der Waals surface area contributed by atoms with Crippen molar-refractivity contribution in [2.45, 2.75) is 31.6 Å². The quantitative estimate of drug-likeness (QED) is 0.806. The summed E-state index contributed by atoms with van der Waals surface area (Å²) in [7, 11) is 1.93. The van der Waals surface area contributed by atoms with Crippen molar-refractivity contribution in [1.82, 2.24) is 9.55 Å². The van der Waals surface area contributed by atoms with Gasteiger partial charge in [-0.1, -0.05) is 12.8 Å². The van der Waals surface area contributed by atoms with Crippen LogP contribution in [0.5, 0.6) is 0 Å². The van der Waals surface area contributed by atoms with E-state index in [1.54, 1.807) is 6.20 Å². The predicted octanol–water partition coefficient (Wildman–Crippen LogP) is 1.78. The summed E-state index contributed by atoms with van der Waals surface area (Å²) in [5.41, 5.74) is 0. The number of carbonyl (C=O) groups is 1. The standard InChI is InChI=1S/C11H16N2O2/c1-13-7-6-12-10(13)8-4-2-3-5-9(8)11(14)15/h6-9H,2-5H2,1H3,(H,14,15)/t8-,9+/m0/s1. The first-order chi connectivity index (χ1) is 7.20. The van der Waals surface area contributed by atoms with E-state index in [4.69, 9.17) is 5.11 Å². The summed E-state index contributed by atoms with van der Waals surface area (Å²) < 4.78 is 1.94. The van der Waals surface area contributed by atoms with Crippen LogP contribution in [0.25, 0.3) is 0 Å². The zero-order valence-electron chi connectivity index (χ0n) is 8.89. The van der Waals surface area contributed by atoms with E-state index in [0.717, 1.165) is 31.5 Å². The second-order valence-electron chi connectivity index (χ2n) is 4.23. The van der Waals surface area contributed by atoms with Gasteiger partial charge in [0, 0.05) is 25.4 Å². The normalized spacial score (nSPS) is 26.5. The number of aliphatic carboxylic acids is 1. The smallest absolute Gasteiger partial charge is 0.307 e. The predicted molar refractivity (Wildman–Crippen MR) is 55.5 cm³/mol. The largest absolute Gasteiger partial charge is 0.481 e. The van der Waals surface area contributed by atoms with Crippen molar-refractivity contribution >= 4 is 5.97 Å². The Hall–Kier alpha value is -1.32. The highest BCUT2D eigenvalue weighted by Crippen LogP contribution is 2.36.